The van der Waals surface area contributed by atoms with Gasteiger partial charge in [-0.25, -0.2) is 8.78 Å². The predicted octanol–water partition coefficient (Wildman–Crippen LogP) is 2.42. The molecule has 0 spiro atoms. The van der Waals surface area contributed by atoms with E-state index in [4.69, 9.17) is 9.84 Å². The summed E-state index contributed by atoms with van der Waals surface area (Å²) < 4.78 is 31.0. The highest BCUT2D eigenvalue weighted by Crippen LogP contribution is 2.30. The molecule has 0 amide bonds. The second-order valence-electron chi connectivity index (χ2n) is 4.16. The van der Waals surface area contributed by atoms with Crippen LogP contribution >= 0.6 is 0 Å². The molecule has 0 aliphatic heterocycles. The number of hydrogen-bond donors (Lipinski definition) is 2. The highest BCUT2D eigenvalue weighted by Gasteiger charge is 2.27. The molecule has 0 aromatic heterocycles. The van der Waals surface area contributed by atoms with E-state index in [9.17, 15) is 18.9 Å². The Morgan fingerprint density at radius 3 is 2.75 bits per heavy atom. The Balaban J connectivity index is 2.86. The summed E-state index contributed by atoms with van der Waals surface area (Å²) in [6.45, 7) is 0.0908. The van der Waals surface area contributed by atoms with Gasteiger partial charge in [-0.05, 0) is 12.5 Å². The zero-order chi connectivity index (χ0) is 15.2. The first-order valence-electron chi connectivity index (χ1n) is 6.03. The minimum atomic E-state index is -3.26. The largest absolute Gasteiger partial charge is 0.487 e. The van der Waals surface area contributed by atoms with Gasteiger partial charge in [-0.1, -0.05) is 6.92 Å². The fraction of sp³-hybridized carbons (Fsp3) is 0.500. The Bertz CT molecular complexity index is 469. The highest BCUT2D eigenvalue weighted by atomic mass is 19.3. The number of anilines is 1. The second-order valence-corrected chi connectivity index (χ2v) is 4.16. The van der Waals surface area contributed by atoms with Crippen molar-refractivity contribution in [2.24, 2.45) is 0 Å². The van der Waals surface area contributed by atoms with E-state index in [0.29, 0.717) is 6.42 Å². The molecule has 0 fully saturated rings. The summed E-state index contributed by atoms with van der Waals surface area (Å²) in [6.07, 6.45) is 0.664. The van der Waals surface area contributed by atoms with Gasteiger partial charge in [0.05, 0.1) is 18.1 Å². The third-order valence-electron chi connectivity index (χ3n) is 2.40. The van der Waals surface area contributed by atoms with Crippen LogP contribution in [0.5, 0.6) is 5.75 Å². The quantitative estimate of drug-likeness (QED) is 0.567. The molecule has 8 heteroatoms. The lowest BCUT2D eigenvalue weighted by molar-refractivity contribution is -0.385. The number of benzene rings is 1. The summed E-state index contributed by atoms with van der Waals surface area (Å²) in [5.74, 6) is -3.24. The third-order valence-corrected chi connectivity index (χ3v) is 2.40. The highest BCUT2D eigenvalue weighted by molar-refractivity contribution is 5.58. The van der Waals surface area contributed by atoms with Gasteiger partial charge in [-0.15, -0.1) is 0 Å². The molecule has 1 rings (SSSR count). The van der Waals surface area contributed by atoms with Crippen LogP contribution in [0.3, 0.4) is 0 Å². The Labute approximate surface area is 114 Å². The van der Waals surface area contributed by atoms with E-state index in [0.717, 1.165) is 0 Å². The SMILES string of the molecule is CCCOc1cc(NCC(F)(F)CO)ccc1[N+](=O)[O-]. The van der Waals surface area contributed by atoms with Gasteiger partial charge < -0.3 is 15.2 Å². The summed E-state index contributed by atoms with van der Waals surface area (Å²) in [6, 6.07) is 3.79. The van der Waals surface area contributed by atoms with E-state index in [-0.39, 0.29) is 23.7 Å². The number of halogens is 2. The number of nitrogens with one attached hydrogen (secondary N) is 1. The lowest BCUT2D eigenvalue weighted by Crippen LogP contribution is -2.30. The van der Waals surface area contributed by atoms with Crippen molar-refractivity contribution in [3.05, 3.63) is 28.3 Å². The molecule has 0 radical (unpaired) electrons. The van der Waals surface area contributed by atoms with Gasteiger partial charge in [-0.2, -0.15) is 0 Å². The van der Waals surface area contributed by atoms with Crippen LogP contribution in [0.25, 0.3) is 0 Å². The normalized spacial score (nSPS) is 11.2. The van der Waals surface area contributed by atoms with Crippen LogP contribution in [0.1, 0.15) is 13.3 Å². The van der Waals surface area contributed by atoms with Crippen LogP contribution in [0.4, 0.5) is 20.2 Å². The molecule has 0 bridgehead atoms. The minimum Gasteiger partial charge on any atom is -0.487 e. The average molecular weight is 290 g/mol. The molecule has 0 atom stereocenters. The number of aliphatic hydroxyl groups excluding tert-OH is 1. The number of ether oxygens (including phenoxy) is 1. The van der Waals surface area contributed by atoms with Crippen LogP contribution < -0.4 is 10.1 Å². The number of nitro groups is 1. The number of aliphatic hydroxyl groups is 1. The molecule has 0 aliphatic rings. The summed E-state index contributed by atoms with van der Waals surface area (Å²) in [5, 5.41) is 21.7. The average Bonchev–Trinajstić information content (AvgIpc) is 2.42. The Morgan fingerprint density at radius 1 is 1.50 bits per heavy atom. The third kappa shape index (κ3) is 4.61. The maximum Gasteiger partial charge on any atom is 0.311 e. The smallest absolute Gasteiger partial charge is 0.311 e. The molecule has 1 aromatic rings. The summed E-state index contributed by atoms with van der Waals surface area (Å²) in [5.41, 5.74) is 0.0350. The number of nitro benzene ring substituents is 1. The van der Waals surface area contributed by atoms with Gasteiger partial charge in [0.2, 0.25) is 0 Å². The van der Waals surface area contributed by atoms with Crippen LogP contribution in [0.2, 0.25) is 0 Å². The molecule has 0 heterocycles. The van der Waals surface area contributed by atoms with E-state index in [1.165, 1.54) is 18.2 Å². The Hall–Kier alpha value is -1.96. The first kappa shape index (κ1) is 16.1. The van der Waals surface area contributed by atoms with Crippen LogP contribution in [0, 0.1) is 10.1 Å². The maximum absolute atomic E-state index is 12.9. The van der Waals surface area contributed by atoms with Crippen molar-refractivity contribution >= 4 is 11.4 Å². The van der Waals surface area contributed by atoms with Crippen LogP contribution in [-0.4, -0.2) is 35.7 Å². The van der Waals surface area contributed by atoms with Crippen LogP contribution in [0.15, 0.2) is 18.2 Å². The summed E-state index contributed by atoms with van der Waals surface area (Å²) in [4.78, 5) is 10.2. The first-order valence-corrected chi connectivity index (χ1v) is 6.03. The zero-order valence-electron chi connectivity index (χ0n) is 10.9. The van der Waals surface area contributed by atoms with Gasteiger partial charge in [0, 0.05) is 17.8 Å². The second kappa shape index (κ2) is 6.99. The fourth-order valence-electron chi connectivity index (χ4n) is 1.39. The van der Waals surface area contributed by atoms with E-state index in [1.807, 2.05) is 6.92 Å². The summed E-state index contributed by atoms with van der Waals surface area (Å²) >= 11 is 0. The van der Waals surface area contributed by atoms with Crippen molar-refractivity contribution < 1.29 is 23.5 Å². The van der Waals surface area contributed by atoms with E-state index in [2.05, 4.69) is 5.32 Å². The molecule has 6 nitrogen and oxygen atoms in total. The lowest BCUT2D eigenvalue weighted by Gasteiger charge is -2.15. The van der Waals surface area contributed by atoms with Crippen molar-refractivity contribution in [1.82, 2.24) is 0 Å². The standard InChI is InChI=1S/C12H16F2N2O4/c1-2-5-20-11-6-9(3-4-10(11)16(18)19)15-7-12(13,14)8-17/h3-4,6,15,17H,2,5,7-8H2,1H3. The number of nitrogens with zero attached hydrogens (tertiary/aromatic N) is 1. The van der Waals surface area contributed by atoms with Gasteiger partial charge in [0.1, 0.15) is 6.61 Å². The molecule has 2 N–H and O–H groups in total. The van der Waals surface area contributed by atoms with Gasteiger partial charge in [0.15, 0.2) is 5.75 Å². The number of rotatable bonds is 8. The molecule has 0 unspecified atom stereocenters. The topological polar surface area (TPSA) is 84.6 Å². The number of alkyl halides is 2. The molecule has 0 aliphatic carbocycles. The molecule has 20 heavy (non-hydrogen) atoms. The molecule has 0 saturated heterocycles. The van der Waals surface area contributed by atoms with Crippen molar-refractivity contribution in [3.63, 3.8) is 0 Å². The Kier molecular flexibility index (Phi) is 5.63. The maximum atomic E-state index is 12.9. The Morgan fingerprint density at radius 2 is 2.20 bits per heavy atom. The van der Waals surface area contributed by atoms with Gasteiger partial charge >= 0.3 is 5.69 Å². The molecule has 1 aromatic carbocycles. The van der Waals surface area contributed by atoms with Crippen molar-refractivity contribution in [2.45, 2.75) is 19.3 Å². The fourth-order valence-corrected chi connectivity index (χ4v) is 1.39. The lowest BCUT2D eigenvalue weighted by atomic mass is 10.2. The minimum absolute atomic E-state index is 0.0224. The monoisotopic (exact) mass is 290 g/mol. The predicted molar refractivity (Wildman–Crippen MR) is 69.4 cm³/mol. The summed E-state index contributed by atoms with van der Waals surface area (Å²) in [7, 11) is 0. The van der Waals surface area contributed by atoms with E-state index in [1.54, 1.807) is 0 Å². The van der Waals surface area contributed by atoms with Crippen molar-refractivity contribution in [3.8, 4) is 5.75 Å². The van der Waals surface area contributed by atoms with E-state index < -0.39 is 24.0 Å². The van der Waals surface area contributed by atoms with Crippen molar-refractivity contribution in [1.29, 1.82) is 0 Å². The van der Waals surface area contributed by atoms with Crippen LogP contribution in [-0.2, 0) is 0 Å². The molecule has 0 saturated carbocycles. The first-order chi connectivity index (χ1) is 9.39. The number of hydrogen-bond acceptors (Lipinski definition) is 5. The molecular formula is C12H16F2N2O4. The van der Waals surface area contributed by atoms with Gasteiger partial charge in [-0.3, -0.25) is 10.1 Å². The van der Waals surface area contributed by atoms with E-state index >= 15 is 0 Å². The van der Waals surface area contributed by atoms with Gasteiger partial charge in [0.25, 0.3) is 5.92 Å². The molecular weight excluding hydrogens is 274 g/mol. The molecule has 112 valence electrons. The van der Waals surface area contributed by atoms with Crippen molar-refractivity contribution in [2.75, 3.05) is 25.1 Å². The zero-order valence-corrected chi connectivity index (χ0v) is 10.9.